The summed E-state index contributed by atoms with van der Waals surface area (Å²) in [5, 5.41) is 3.13. The van der Waals surface area contributed by atoms with Crippen molar-refractivity contribution in [1.82, 2.24) is 5.32 Å². The molecule has 4 heteroatoms. The number of hydrogen-bond donors (Lipinski definition) is 1. The number of benzene rings is 1. The molecule has 0 bridgehead atoms. The fraction of sp³-hybridized carbons (Fsp3) is 0.533. The number of hydrogen-bond acceptors (Lipinski definition) is 2. The van der Waals surface area contributed by atoms with Crippen LogP contribution in [0.4, 0.5) is 0 Å². The van der Waals surface area contributed by atoms with Crippen molar-refractivity contribution in [3.63, 3.8) is 0 Å². The summed E-state index contributed by atoms with van der Waals surface area (Å²) >= 11 is 3.62. The Kier molecular flexibility index (Phi) is 5.25. The minimum Gasteiger partial charge on any atom is -0.497 e. The molecule has 2 rings (SSSR count). The summed E-state index contributed by atoms with van der Waals surface area (Å²) in [7, 11) is 1.64. The smallest absolute Gasteiger partial charge is 0.224 e. The van der Waals surface area contributed by atoms with Crippen LogP contribution in [0.2, 0.25) is 0 Å². The van der Waals surface area contributed by atoms with E-state index >= 15 is 0 Å². The predicted octanol–water partition coefficient (Wildman–Crippen LogP) is 3.06. The second-order valence-electron chi connectivity index (χ2n) is 5.04. The number of alkyl halides is 1. The van der Waals surface area contributed by atoms with Gasteiger partial charge in [-0.05, 0) is 43.4 Å². The molecule has 1 fully saturated rings. The van der Waals surface area contributed by atoms with Crippen LogP contribution in [-0.2, 0) is 11.2 Å². The summed E-state index contributed by atoms with van der Waals surface area (Å²) in [5.41, 5.74) is 1.02. The first kappa shape index (κ1) is 14.4. The number of carbonyl (C=O) groups is 1. The molecule has 1 saturated carbocycles. The molecule has 0 saturated heterocycles. The minimum atomic E-state index is 0.114. The van der Waals surface area contributed by atoms with Crippen LogP contribution in [0.5, 0.6) is 5.75 Å². The first-order chi connectivity index (χ1) is 9.17. The van der Waals surface area contributed by atoms with Crippen LogP contribution in [-0.4, -0.2) is 23.9 Å². The van der Waals surface area contributed by atoms with Gasteiger partial charge in [0.25, 0.3) is 0 Å². The van der Waals surface area contributed by atoms with Gasteiger partial charge in [-0.2, -0.15) is 0 Å². The molecule has 0 aliphatic heterocycles. The van der Waals surface area contributed by atoms with Crippen LogP contribution in [0.25, 0.3) is 0 Å². The van der Waals surface area contributed by atoms with Gasteiger partial charge in [0, 0.05) is 10.9 Å². The van der Waals surface area contributed by atoms with Crippen molar-refractivity contribution in [1.29, 1.82) is 0 Å². The summed E-state index contributed by atoms with van der Waals surface area (Å²) in [6, 6.07) is 8.00. The highest BCUT2D eigenvalue weighted by Gasteiger charge is 2.20. The number of nitrogens with one attached hydrogen (secondary N) is 1. The second-order valence-corrected chi connectivity index (χ2v) is 6.34. The van der Waals surface area contributed by atoms with Crippen LogP contribution >= 0.6 is 15.9 Å². The highest BCUT2D eigenvalue weighted by atomic mass is 79.9. The van der Waals surface area contributed by atoms with E-state index in [1.807, 2.05) is 24.3 Å². The fourth-order valence-corrected chi connectivity index (χ4v) is 2.93. The molecule has 1 aliphatic rings. The molecule has 1 aliphatic carbocycles. The number of carbonyl (C=O) groups excluding carboxylic acids is 1. The summed E-state index contributed by atoms with van der Waals surface area (Å²) in [6.45, 7) is 0. The van der Waals surface area contributed by atoms with E-state index < -0.39 is 0 Å². The third-order valence-corrected chi connectivity index (χ3v) is 4.46. The number of methoxy groups -OCH3 is 1. The summed E-state index contributed by atoms with van der Waals surface area (Å²) in [4.78, 5) is 12.6. The van der Waals surface area contributed by atoms with Crippen LogP contribution in [0.15, 0.2) is 24.3 Å². The van der Waals surface area contributed by atoms with Gasteiger partial charge >= 0.3 is 0 Å². The lowest BCUT2D eigenvalue weighted by molar-refractivity contribution is -0.121. The molecule has 19 heavy (non-hydrogen) atoms. The van der Waals surface area contributed by atoms with E-state index in [-0.39, 0.29) is 5.91 Å². The van der Waals surface area contributed by atoms with Crippen molar-refractivity contribution in [3.05, 3.63) is 29.8 Å². The minimum absolute atomic E-state index is 0.114. The Bertz CT molecular complexity index is 411. The van der Waals surface area contributed by atoms with Crippen LogP contribution in [0.3, 0.4) is 0 Å². The molecule has 3 nitrogen and oxygen atoms in total. The van der Waals surface area contributed by atoms with Gasteiger partial charge in [-0.25, -0.2) is 0 Å². The zero-order chi connectivity index (χ0) is 13.7. The maximum absolute atomic E-state index is 12.0. The molecule has 1 aromatic rings. The number of ether oxygens (including phenoxy) is 1. The molecule has 0 spiro atoms. The van der Waals surface area contributed by atoms with Crippen LogP contribution in [0, 0.1) is 0 Å². The zero-order valence-corrected chi connectivity index (χ0v) is 12.8. The van der Waals surface area contributed by atoms with E-state index in [2.05, 4.69) is 21.2 Å². The molecule has 0 radical (unpaired) electrons. The number of rotatable bonds is 4. The summed E-state index contributed by atoms with van der Waals surface area (Å²) in [5.74, 6) is 0.933. The van der Waals surface area contributed by atoms with Crippen LogP contribution < -0.4 is 10.1 Å². The molecular formula is C15H20BrNO2. The topological polar surface area (TPSA) is 38.3 Å². The quantitative estimate of drug-likeness (QED) is 0.864. The Hall–Kier alpha value is -1.03. The van der Waals surface area contributed by atoms with Crippen molar-refractivity contribution in [3.8, 4) is 5.75 Å². The van der Waals surface area contributed by atoms with Crippen molar-refractivity contribution in [2.24, 2.45) is 0 Å². The van der Waals surface area contributed by atoms with E-state index in [9.17, 15) is 4.79 Å². The Balaban J connectivity index is 1.80. The third-order valence-electron chi connectivity index (χ3n) is 3.55. The van der Waals surface area contributed by atoms with Gasteiger partial charge < -0.3 is 10.1 Å². The van der Waals surface area contributed by atoms with E-state index in [4.69, 9.17) is 4.74 Å². The lowest BCUT2D eigenvalue weighted by atomic mass is 9.95. The van der Waals surface area contributed by atoms with Gasteiger partial charge in [-0.1, -0.05) is 28.1 Å². The Morgan fingerprint density at radius 3 is 2.47 bits per heavy atom. The van der Waals surface area contributed by atoms with Crippen LogP contribution in [0.1, 0.15) is 31.2 Å². The number of halogens is 1. The highest BCUT2D eigenvalue weighted by Crippen LogP contribution is 2.24. The average molecular weight is 326 g/mol. The van der Waals surface area contributed by atoms with Gasteiger partial charge in [0.05, 0.1) is 13.5 Å². The van der Waals surface area contributed by atoms with E-state index in [1.165, 1.54) is 0 Å². The molecule has 1 amide bonds. The van der Waals surface area contributed by atoms with Crippen molar-refractivity contribution < 1.29 is 9.53 Å². The lowest BCUT2D eigenvalue weighted by Crippen LogP contribution is -2.38. The van der Waals surface area contributed by atoms with Crippen molar-refractivity contribution in [2.75, 3.05) is 7.11 Å². The van der Waals surface area contributed by atoms with E-state index in [0.717, 1.165) is 37.0 Å². The molecular weight excluding hydrogens is 306 g/mol. The maximum Gasteiger partial charge on any atom is 0.224 e. The first-order valence-corrected chi connectivity index (χ1v) is 7.65. The molecule has 1 N–H and O–H groups in total. The fourth-order valence-electron chi connectivity index (χ4n) is 2.40. The van der Waals surface area contributed by atoms with Gasteiger partial charge in [-0.3, -0.25) is 4.79 Å². The normalized spacial score (nSPS) is 22.8. The second kappa shape index (κ2) is 6.94. The van der Waals surface area contributed by atoms with Gasteiger partial charge in [0.1, 0.15) is 5.75 Å². The van der Waals surface area contributed by atoms with Gasteiger partial charge in [-0.15, -0.1) is 0 Å². The molecule has 0 unspecified atom stereocenters. The zero-order valence-electron chi connectivity index (χ0n) is 11.2. The monoisotopic (exact) mass is 325 g/mol. The molecule has 0 atom stereocenters. The van der Waals surface area contributed by atoms with E-state index in [0.29, 0.717) is 17.3 Å². The third kappa shape index (κ3) is 4.53. The predicted molar refractivity (Wildman–Crippen MR) is 79.8 cm³/mol. The van der Waals surface area contributed by atoms with Crippen molar-refractivity contribution in [2.45, 2.75) is 43.0 Å². The average Bonchev–Trinajstić information content (AvgIpc) is 2.42. The lowest BCUT2D eigenvalue weighted by Gasteiger charge is -2.26. The van der Waals surface area contributed by atoms with Crippen molar-refractivity contribution >= 4 is 21.8 Å². The first-order valence-electron chi connectivity index (χ1n) is 6.73. The standard InChI is InChI=1S/C15H20BrNO2/c1-19-14-8-2-11(3-9-14)10-15(18)17-13-6-4-12(16)5-7-13/h2-3,8-9,12-13H,4-7,10H2,1H3,(H,17,18). The number of amides is 1. The van der Waals surface area contributed by atoms with Gasteiger partial charge in [0.15, 0.2) is 0 Å². The molecule has 1 aromatic carbocycles. The molecule has 0 aromatic heterocycles. The maximum atomic E-state index is 12.0. The SMILES string of the molecule is COc1ccc(CC(=O)NC2CCC(Br)CC2)cc1. The molecule has 104 valence electrons. The van der Waals surface area contributed by atoms with E-state index in [1.54, 1.807) is 7.11 Å². The highest BCUT2D eigenvalue weighted by molar-refractivity contribution is 9.09. The Morgan fingerprint density at radius 2 is 1.89 bits per heavy atom. The largest absolute Gasteiger partial charge is 0.497 e. The molecule has 0 heterocycles. The summed E-state index contributed by atoms with van der Waals surface area (Å²) < 4.78 is 5.10. The Morgan fingerprint density at radius 1 is 1.26 bits per heavy atom. The Labute approximate surface area is 122 Å². The summed E-state index contributed by atoms with van der Waals surface area (Å²) in [6.07, 6.45) is 4.88. The van der Waals surface area contributed by atoms with Gasteiger partial charge in [0.2, 0.25) is 5.91 Å².